The number of nitrogens with zero attached hydrogens (tertiary/aromatic N) is 3. The fourth-order valence-electron chi connectivity index (χ4n) is 1.75. The van der Waals surface area contributed by atoms with Gasteiger partial charge in [-0.3, -0.25) is 0 Å². The summed E-state index contributed by atoms with van der Waals surface area (Å²) in [5.41, 5.74) is 6.85. The highest BCUT2D eigenvalue weighted by molar-refractivity contribution is 5.56. The van der Waals surface area contributed by atoms with E-state index in [4.69, 9.17) is 5.73 Å². The topological polar surface area (TPSA) is 55.0 Å². The molecular formula is C12H22N4. The van der Waals surface area contributed by atoms with Crippen LogP contribution in [0.4, 0.5) is 11.6 Å². The van der Waals surface area contributed by atoms with Crippen molar-refractivity contribution in [3.8, 4) is 0 Å². The molecule has 0 aliphatic rings. The SMILES string of the molecule is CCN(CC(C)C)c1nc(C)nc(N)c1C. The van der Waals surface area contributed by atoms with Crippen molar-refractivity contribution in [3.63, 3.8) is 0 Å². The second-order valence-electron chi connectivity index (χ2n) is 4.54. The van der Waals surface area contributed by atoms with Gasteiger partial charge in [-0.25, -0.2) is 9.97 Å². The molecule has 0 unspecified atom stereocenters. The van der Waals surface area contributed by atoms with Crippen LogP contribution in [-0.2, 0) is 0 Å². The van der Waals surface area contributed by atoms with Crippen LogP contribution in [0.5, 0.6) is 0 Å². The van der Waals surface area contributed by atoms with Crippen LogP contribution < -0.4 is 10.6 Å². The minimum Gasteiger partial charge on any atom is -0.383 e. The Kier molecular flexibility index (Phi) is 4.10. The first-order valence-electron chi connectivity index (χ1n) is 5.81. The number of hydrogen-bond donors (Lipinski definition) is 1. The molecule has 4 nitrogen and oxygen atoms in total. The van der Waals surface area contributed by atoms with Crippen molar-refractivity contribution in [3.05, 3.63) is 11.4 Å². The minimum atomic E-state index is 0.588. The minimum absolute atomic E-state index is 0.588. The Bertz CT molecular complexity index is 360. The predicted octanol–water partition coefficient (Wildman–Crippen LogP) is 2.16. The smallest absolute Gasteiger partial charge is 0.137 e. The average molecular weight is 222 g/mol. The zero-order valence-electron chi connectivity index (χ0n) is 10.9. The molecule has 0 spiro atoms. The molecule has 1 aromatic heterocycles. The number of nitrogen functional groups attached to an aromatic ring is 1. The lowest BCUT2D eigenvalue weighted by molar-refractivity contribution is 0.612. The van der Waals surface area contributed by atoms with Crippen molar-refractivity contribution in [2.45, 2.75) is 34.6 Å². The van der Waals surface area contributed by atoms with Gasteiger partial charge in [0.1, 0.15) is 17.5 Å². The van der Waals surface area contributed by atoms with Crippen LogP contribution in [-0.4, -0.2) is 23.1 Å². The maximum Gasteiger partial charge on any atom is 0.137 e. The van der Waals surface area contributed by atoms with Gasteiger partial charge in [0.15, 0.2) is 0 Å². The van der Waals surface area contributed by atoms with Crippen LogP contribution in [0.15, 0.2) is 0 Å². The quantitative estimate of drug-likeness (QED) is 0.848. The van der Waals surface area contributed by atoms with E-state index in [0.29, 0.717) is 11.7 Å². The zero-order valence-corrected chi connectivity index (χ0v) is 10.9. The summed E-state index contributed by atoms with van der Waals surface area (Å²) in [6, 6.07) is 0. The molecule has 4 heteroatoms. The first-order chi connectivity index (χ1) is 7.45. The Morgan fingerprint density at radius 3 is 2.38 bits per heavy atom. The number of aromatic nitrogens is 2. The van der Waals surface area contributed by atoms with Crippen LogP contribution >= 0.6 is 0 Å². The highest BCUT2D eigenvalue weighted by atomic mass is 15.2. The van der Waals surface area contributed by atoms with Crippen molar-refractivity contribution < 1.29 is 0 Å². The van der Waals surface area contributed by atoms with Gasteiger partial charge in [0.05, 0.1) is 0 Å². The largest absolute Gasteiger partial charge is 0.383 e. The Hall–Kier alpha value is -1.32. The summed E-state index contributed by atoms with van der Waals surface area (Å²) in [7, 11) is 0. The maximum absolute atomic E-state index is 5.87. The summed E-state index contributed by atoms with van der Waals surface area (Å²) in [6.07, 6.45) is 0. The van der Waals surface area contributed by atoms with Crippen LogP contribution in [0.3, 0.4) is 0 Å². The monoisotopic (exact) mass is 222 g/mol. The van der Waals surface area contributed by atoms with Gasteiger partial charge in [0, 0.05) is 18.7 Å². The second-order valence-corrected chi connectivity index (χ2v) is 4.54. The molecule has 0 bridgehead atoms. The standard InChI is InChI=1S/C12H22N4/c1-6-16(7-8(2)3)12-9(4)11(13)14-10(5)15-12/h8H,6-7H2,1-5H3,(H2,13,14,15). The molecule has 0 amide bonds. The lowest BCUT2D eigenvalue weighted by Crippen LogP contribution is -2.29. The van der Waals surface area contributed by atoms with Crippen molar-refractivity contribution in [2.75, 3.05) is 23.7 Å². The van der Waals surface area contributed by atoms with E-state index in [0.717, 1.165) is 30.3 Å². The lowest BCUT2D eigenvalue weighted by atomic mass is 10.2. The first-order valence-corrected chi connectivity index (χ1v) is 5.81. The van der Waals surface area contributed by atoms with Gasteiger partial charge in [-0.2, -0.15) is 0 Å². The molecule has 16 heavy (non-hydrogen) atoms. The molecule has 0 saturated carbocycles. The number of rotatable bonds is 4. The van der Waals surface area contributed by atoms with E-state index in [1.54, 1.807) is 0 Å². The average Bonchev–Trinajstić information content (AvgIpc) is 2.20. The van der Waals surface area contributed by atoms with Gasteiger partial charge in [-0.15, -0.1) is 0 Å². The third-order valence-electron chi connectivity index (χ3n) is 2.54. The van der Waals surface area contributed by atoms with Gasteiger partial charge in [-0.05, 0) is 26.7 Å². The van der Waals surface area contributed by atoms with E-state index in [1.165, 1.54) is 0 Å². The van der Waals surface area contributed by atoms with Gasteiger partial charge in [0.25, 0.3) is 0 Å². The van der Waals surface area contributed by atoms with Crippen molar-refractivity contribution in [2.24, 2.45) is 5.92 Å². The molecule has 0 aliphatic carbocycles. The molecule has 0 aliphatic heterocycles. The summed E-state index contributed by atoms with van der Waals surface area (Å²) in [6.45, 7) is 12.3. The van der Waals surface area contributed by atoms with Gasteiger partial charge < -0.3 is 10.6 Å². The molecule has 1 rings (SSSR count). The Labute approximate surface area is 97.9 Å². The fraction of sp³-hybridized carbons (Fsp3) is 0.667. The van der Waals surface area contributed by atoms with E-state index < -0.39 is 0 Å². The summed E-state index contributed by atoms with van der Waals surface area (Å²) in [5.74, 6) is 2.90. The third-order valence-corrected chi connectivity index (χ3v) is 2.54. The van der Waals surface area contributed by atoms with E-state index in [9.17, 15) is 0 Å². The van der Waals surface area contributed by atoms with Gasteiger partial charge in [0.2, 0.25) is 0 Å². The molecule has 0 atom stereocenters. The van der Waals surface area contributed by atoms with E-state index in [-0.39, 0.29) is 0 Å². The number of nitrogens with two attached hydrogens (primary N) is 1. The second kappa shape index (κ2) is 5.14. The highest BCUT2D eigenvalue weighted by Crippen LogP contribution is 2.22. The highest BCUT2D eigenvalue weighted by Gasteiger charge is 2.13. The normalized spacial score (nSPS) is 10.9. The van der Waals surface area contributed by atoms with E-state index in [1.807, 2.05) is 13.8 Å². The molecule has 0 aromatic carbocycles. The molecule has 0 saturated heterocycles. The van der Waals surface area contributed by atoms with E-state index in [2.05, 4.69) is 35.6 Å². The Morgan fingerprint density at radius 1 is 1.25 bits per heavy atom. The van der Waals surface area contributed by atoms with Crippen molar-refractivity contribution in [1.29, 1.82) is 0 Å². The third kappa shape index (κ3) is 2.84. The van der Waals surface area contributed by atoms with Crippen LogP contribution in [0, 0.1) is 19.8 Å². The van der Waals surface area contributed by atoms with Crippen molar-refractivity contribution in [1.82, 2.24) is 9.97 Å². The number of hydrogen-bond acceptors (Lipinski definition) is 4. The molecule has 90 valence electrons. The molecule has 0 fully saturated rings. The van der Waals surface area contributed by atoms with E-state index >= 15 is 0 Å². The first kappa shape index (κ1) is 12.7. The zero-order chi connectivity index (χ0) is 12.3. The maximum atomic E-state index is 5.87. The number of anilines is 2. The Morgan fingerprint density at radius 2 is 1.88 bits per heavy atom. The molecule has 0 radical (unpaired) electrons. The van der Waals surface area contributed by atoms with Crippen LogP contribution in [0.1, 0.15) is 32.2 Å². The van der Waals surface area contributed by atoms with Crippen LogP contribution in [0.25, 0.3) is 0 Å². The molecule has 1 aromatic rings. The molecular weight excluding hydrogens is 200 g/mol. The Balaban J connectivity index is 3.09. The van der Waals surface area contributed by atoms with Crippen molar-refractivity contribution >= 4 is 11.6 Å². The molecule has 1 heterocycles. The van der Waals surface area contributed by atoms with Gasteiger partial charge >= 0.3 is 0 Å². The van der Waals surface area contributed by atoms with Crippen LogP contribution in [0.2, 0.25) is 0 Å². The lowest BCUT2D eigenvalue weighted by Gasteiger charge is -2.26. The fourth-order valence-corrected chi connectivity index (χ4v) is 1.75. The summed E-state index contributed by atoms with van der Waals surface area (Å²) in [4.78, 5) is 10.9. The summed E-state index contributed by atoms with van der Waals surface area (Å²) >= 11 is 0. The number of aryl methyl sites for hydroxylation is 1. The molecule has 2 N–H and O–H groups in total. The van der Waals surface area contributed by atoms with Gasteiger partial charge in [-0.1, -0.05) is 13.8 Å². The summed E-state index contributed by atoms with van der Waals surface area (Å²) in [5, 5.41) is 0. The predicted molar refractivity (Wildman–Crippen MR) is 68.6 cm³/mol. The summed E-state index contributed by atoms with van der Waals surface area (Å²) < 4.78 is 0.